The van der Waals surface area contributed by atoms with Crippen LogP contribution in [0, 0.1) is 6.92 Å². The Morgan fingerprint density at radius 1 is 1.08 bits per heavy atom. The zero-order chi connectivity index (χ0) is 17.2. The van der Waals surface area contributed by atoms with Gasteiger partial charge in [0.2, 0.25) is 0 Å². The third-order valence-corrected chi connectivity index (χ3v) is 4.48. The van der Waals surface area contributed by atoms with E-state index in [0.717, 1.165) is 40.4 Å². The first-order valence-electron chi connectivity index (χ1n) is 8.23. The largest absolute Gasteiger partial charge is 0.497 e. The minimum Gasteiger partial charge on any atom is -0.497 e. The minimum absolute atomic E-state index is 0.0691. The van der Waals surface area contributed by atoms with E-state index in [2.05, 4.69) is 17.2 Å². The van der Waals surface area contributed by atoms with Gasteiger partial charge in [-0.2, -0.15) is 5.10 Å². The molecule has 5 heteroatoms. The van der Waals surface area contributed by atoms with Gasteiger partial charge in [-0.1, -0.05) is 35.5 Å². The molecule has 1 unspecified atom stereocenters. The van der Waals surface area contributed by atoms with Gasteiger partial charge in [0.25, 0.3) is 0 Å². The van der Waals surface area contributed by atoms with Crippen LogP contribution in [0.2, 0.25) is 0 Å². The van der Waals surface area contributed by atoms with Gasteiger partial charge in [-0.15, -0.1) is 0 Å². The summed E-state index contributed by atoms with van der Waals surface area (Å²) in [4.78, 5) is 5.66. The van der Waals surface area contributed by atoms with Gasteiger partial charge in [0, 0.05) is 12.0 Å². The Labute approximate surface area is 146 Å². The SMILES string of the molecule is COc1ccc(C2CC(c3cnn(-c4ccccc4)c3C)=NO2)cc1. The van der Waals surface area contributed by atoms with Crippen LogP contribution in [0.1, 0.15) is 29.3 Å². The third kappa shape index (κ3) is 2.89. The van der Waals surface area contributed by atoms with Crippen LogP contribution in [0.3, 0.4) is 0 Å². The van der Waals surface area contributed by atoms with Crippen molar-refractivity contribution in [3.8, 4) is 11.4 Å². The van der Waals surface area contributed by atoms with E-state index in [0.29, 0.717) is 0 Å². The molecule has 0 saturated heterocycles. The predicted molar refractivity (Wildman–Crippen MR) is 96.3 cm³/mol. The molecule has 0 N–H and O–H groups in total. The standard InChI is InChI=1S/C20H19N3O2/c1-14-18(13-21-23(14)16-6-4-3-5-7-16)19-12-20(25-22-19)15-8-10-17(24-2)11-9-15/h3-11,13,20H,12H2,1-2H3. The average molecular weight is 333 g/mol. The van der Waals surface area contributed by atoms with E-state index in [1.807, 2.05) is 65.5 Å². The molecule has 0 amide bonds. The Kier molecular flexibility index (Phi) is 3.98. The number of nitrogens with zero attached hydrogens (tertiary/aromatic N) is 3. The van der Waals surface area contributed by atoms with Crippen LogP contribution in [0.4, 0.5) is 0 Å². The number of hydrogen-bond donors (Lipinski definition) is 0. The quantitative estimate of drug-likeness (QED) is 0.723. The highest BCUT2D eigenvalue weighted by atomic mass is 16.6. The molecule has 1 aromatic heterocycles. The zero-order valence-electron chi connectivity index (χ0n) is 14.2. The molecular formula is C20H19N3O2. The number of hydrogen-bond acceptors (Lipinski definition) is 4. The summed E-state index contributed by atoms with van der Waals surface area (Å²) >= 11 is 0. The average Bonchev–Trinajstić information content (AvgIpc) is 3.29. The van der Waals surface area contributed by atoms with Crippen molar-refractivity contribution in [1.82, 2.24) is 9.78 Å². The molecule has 1 aliphatic heterocycles. The summed E-state index contributed by atoms with van der Waals surface area (Å²) in [5.41, 5.74) is 5.15. The zero-order valence-corrected chi connectivity index (χ0v) is 14.2. The molecule has 5 nitrogen and oxygen atoms in total. The van der Waals surface area contributed by atoms with E-state index in [1.54, 1.807) is 7.11 Å². The molecule has 0 spiro atoms. The first-order chi connectivity index (χ1) is 12.3. The first kappa shape index (κ1) is 15.4. The Morgan fingerprint density at radius 3 is 2.56 bits per heavy atom. The third-order valence-electron chi connectivity index (χ3n) is 4.48. The molecule has 0 aliphatic carbocycles. The maximum Gasteiger partial charge on any atom is 0.158 e. The lowest BCUT2D eigenvalue weighted by molar-refractivity contribution is 0.0857. The second-order valence-electron chi connectivity index (χ2n) is 6.00. The highest BCUT2D eigenvalue weighted by molar-refractivity contribution is 6.02. The van der Waals surface area contributed by atoms with Crippen LogP contribution in [0.15, 0.2) is 65.9 Å². The van der Waals surface area contributed by atoms with Gasteiger partial charge in [-0.25, -0.2) is 4.68 Å². The number of methoxy groups -OCH3 is 1. The second-order valence-corrected chi connectivity index (χ2v) is 6.00. The number of benzene rings is 2. The lowest BCUT2D eigenvalue weighted by Gasteiger charge is -2.09. The summed E-state index contributed by atoms with van der Waals surface area (Å²) < 4.78 is 7.13. The lowest BCUT2D eigenvalue weighted by atomic mass is 10.0. The number of ether oxygens (including phenoxy) is 1. The van der Waals surface area contributed by atoms with Crippen LogP contribution < -0.4 is 4.74 Å². The van der Waals surface area contributed by atoms with E-state index < -0.39 is 0 Å². The van der Waals surface area contributed by atoms with Crippen LogP contribution in [-0.2, 0) is 4.84 Å². The number of rotatable bonds is 4. The number of para-hydroxylation sites is 1. The summed E-state index contributed by atoms with van der Waals surface area (Å²) in [6.07, 6.45) is 2.52. The van der Waals surface area contributed by atoms with Crippen molar-refractivity contribution >= 4 is 5.71 Å². The van der Waals surface area contributed by atoms with Crippen LogP contribution >= 0.6 is 0 Å². The Morgan fingerprint density at radius 2 is 1.84 bits per heavy atom. The molecule has 25 heavy (non-hydrogen) atoms. The van der Waals surface area contributed by atoms with Gasteiger partial charge in [-0.05, 0) is 36.8 Å². The minimum atomic E-state index is -0.0691. The molecule has 1 atom stereocenters. The normalized spacial score (nSPS) is 16.4. The first-order valence-corrected chi connectivity index (χ1v) is 8.23. The summed E-state index contributed by atoms with van der Waals surface area (Å²) in [7, 11) is 1.66. The van der Waals surface area contributed by atoms with E-state index in [9.17, 15) is 0 Å². The molecule has 0 saturated carbocycles. The summed E-state index contributed by atoms with van der Waals surface area (Å²) in [5.74, 6) is 0.836. The smallest absolute Gasteiger partial charge is 0.158 e. The van der Waals surface area contributed by atoms with Crippen LogP contribution in [0.25, 0.3) is 5.69 Å². The molecule has 0 fully saturated rings. The van der Waals surface area contributed by atoms with Crippen LogP contribution in [-0.4, -0.2) is 22.6 Å². The topological polar surface area (TPSA) is 48.6 Å². The van der Waals surface area contributed by atoms with Gasteiger partial charge in [0.05, 0.1) is 30.4 Å². The van der Waals surface area contributed by atoms with Crippen molar-refractivity contribution in [3.63, 3.8) is 0 Å². The summed E-state index contributed by atoms with van der Waals surface area (Å²) in [6.45, 7) is 2.05. The van der Waals surface area contributed by atoms with Crippen molar-refractivity contribution in [2.75, 3.05) is 7.11 Å². The molecule has 3 aromatic rings. The van der Waals surface area contributed by atoms with Gasteiger partial charge in [0.15, 0.2) is 6.10 Å². The van der Waals surface area contributed by atoms with Crippen molar-refractivity contribution in [2.45, 2.75) is 19.4 Å². The maximum absolute atomic E-state index is 5.66. The fourth-order valence-corrected chi connectivity index (χ4v) is 3.06. The molecule has 0 radical (unpaired) electrons. The van der Waals surface area contributed by atoms with E-state index >= 15 is 0 Å². The van der Waals surface area contributed by atoms with Gasteiger partial charge >= 0.3 is 0 Å². The van der Waals surface area contributed by atoms with Crippen LogP contribution in [0.5, 0.6) is 5.75 Å². The molecule has 0 bridgehead atoms. The Hall–Kier alpha value is -3.08. The molecule has 4 rings (SSSR count). The maximum atomic E-state index is 5.66. The number of aromatic nitrogens is 2. The predicted octanol–water partition coefficient (Wildman–Crippen LogP) is 4.06. The highest BCUT2D eigenvalue weighted by Gasteiger charge is 2.26. The molecular weight excluding hydrogens is 314 g/mol. The lowest BCUT2D eigenvalue weighted by Crippen LogP contribution is -2.04. The second kappa shape index (κ2) is 6.43. The van der Waals surface area contributed by atoms with Gasteiger partial charge in [0.1, 0.15) is 5.75 Å². The fraction of sp³-hybridized carbons (Fsp3) is 0.200. The molecule has 2 heterocycles. The monoisotopic (exact) mass is 333 g/mol. The molecule has 1 aliphatic rings. The Bertz CT molecular complexity index is 898. The van der Waals surface area contributed by atoms with E-state index in [4.69, 9.17) is 9.57 Å². The Balaban J connectivity index is 1.55. The van der Waals surface area contributed by atoms with Gasteiger partial charge < -0.3 is 9.57 Å². The fourth-order valence-electron chi connectivity index (χ4n) is 3.06. The van der Waals surface area contributed by atoms with Crippen molar-refractivity contribution in [2.24, 2.45) is 5.16 Å². The highest BCUT2D eigenvalue weighted by Crippen LogP contribution is 2.31. The van der Waals surface area contributed by atoms with E-state index in [-0.39, 0.29) is 6.10 Å². The number of oxime groups is 1. The van der Waals surface area contributed by atoms with Crippen molar-refractivity contribution in [1.29, 1.82) is 0 Å². The van der Waals surface area contributed by atoms with Crippen molar-refractivity contribution in [3.05, 3.63) is 77.6 Å². The van der Waals surface area contributed by atoms with Gasteiger partial charge in [-0.3, -0.25) is 0 Å². The van der Waals surface area contributed by atoms with E-state index in [1.165, 1.54) is 0 Å². The molecule has 126 valence electrons. The summed E-state index contributed by atoms with van der Waals surface area (Å²) in [6, 6.07) is 18.0. The molecule has 2 aromatic carbocycles. The van der Waals surface area contributed by atoms with Crippen molar-refractivity contribution < 1.29 is 9.57 Å². The summed E-state index contributed by atoms with van der Waals surface area (Å²) in [5, 5.41) is 8.82.